The van der Waals surface area contributed by atoms with E-state index in [9.17, 15) is 4.79 Å². The highest BCUT2D eigenvalue weighted by atomic mass is 16.5. The third-order valence-corrected chi connectivity index (χ3v) is 4.49. The van der Waals surface area contributed by atoms with Crippen LogP contribution in [-0.4, -0.2) is 55.4 Å². The quantitative estimate of drug-likeness (QED) is 0.836. The second-order valence-electron chi connectivity index (χ2n) is 6.22. The maximum absolute atomic E-state index is 12.6. The van der Waals surface area contributed by atoms with Gasteiger partial charge in [0, 0.05) is 25.2 Å². The summed E-state index contributed by atoms with van der Waals surface area (Å²) in [6.45, 7) is 7.28. The minimum atomic E-state index is -0.203. The van der Waals surface area contributed by atoms with Crippen LogP contribution < -0.4 is 4.74 Å². The van der Waals surface area contributed by atoms with Gasteiger partial charge in [0.2, 0.25) is 0 Å². The first-order valence-corrected chi connectivity index (χ1v) is 8.43. The van der Waals surface area contributed by atoms with Crippen molar-refractivity contribution in [2.24, 2.45) is 0 Å². The first kappa shape index (κ1) is 16.3. The zero-order chi connectivity index (χ0) is 16.3. The molecule has 0 bridgehead atoms. The fourth-order valence-corrected chi connectivity index (χ4v) is 3.44. The summed E-state index contributed by atoms with van der Waals surface area (Å²) in [5, 5.41) is 0. The Hall–Kier alpha value is -1.59. The Bertz CT molecular complexity index is 552. The molecule has 1 atom stereocenters. The topological polar surface area (TPSA) is 48.0 Å². The molecule has 0 saturated carbocycles. The van der Waals surface area contributed by atoms with Crippen molar-refractivity contribution in [1.82, 2.24) is 4.90 Å². The Kier molecular flexibility index (Phi) is 4.87. The average molecular weight is 319 g/mol. The Morgan fingerprint density at radius 3 is 2.91 bits per heavy atom. The van der Waals surface area contributed by atoms with Crippen LogP contribution in [0.2, 0.25) is 0 Å². The van der Waals surface area contributed by atoms with Gasteiger partial charge < -0.3 is 19.1 Å². The SMILES string of the molecule is CCOc1cccc(C(=O)N2CC3(C[C@@H](OCC)CCO3)C2)c1. The standard InChI is InChI=1S/C18H25NO4/c1-3-21-15-7-5-6-14(10-15)17(20)19-12-18(13-19)11-16(22-4-2)8-9-23-18/h5-7,10,16H,3-4,8-9,11-13H2,1-2H3/t16-/m0/s1. The number of hydrogen-bond acceptors (Lipinski definition) is 4. The van der Waals surface area contributed by atoms with E-state index in [0.717, 1.165) is 25.2 Å². The number of carbonyl (C=O) groups excluding carboxylic acids is 1. The molecule has 0 radical (unpaired) electrons. The van der Waals surface area contributed by atoms with Gasteiger partial charge in [-0.25, -0.2) is 0 Å². The summed E-state index contributed by atoms with van der Waals surface area (Å²) in [5.74, 6) is 0.776. The van der Waals surface area contributed by atoms with Gasteiger partial charge in [0.25, 0.3) is 5.91 Å². The van der Waals surface area contributed by atoms with Gasteiger partial charge in [-0.1, -0.05) is 6.07 Å². The van der Waals surface area contributed by atoms with Crippen molar-refractivity contribution in [2.75, 3.05) is 32.9 Å². The van der Waals surface area contributed by atoms with Crippen molar-refractivity contribution in [3.05, 3.63) is 29.8 Å². The summed E-state index contributed by atoms with van der Waals surface area (Å²) in [6, 6.07) is 7.37. The zero-order valence-electron chi connectivity index (χ0n) is 13.9. The van der Waals surface area contributed by atoms with Crippen LogP contribution >= 0.6 is 0 Å². The van der Waals surface area contributed by atoms with Crippen LogP contribution in [0.4, 0.5) is 0 Å². The van der Waals surface area contributed by atoms with E-state index < -0.39 is 0 Å². The van der Waals surface area contributed by atoms with Crippen LogP contribution in [0.25, 0.3) is 0 Å². The number of benzene rings is 1. The highest BCUT2D eigenvalue weighted by molar-refractivity contribution is 5.95. The Morgan fingerprint density at radius 2 is 2.17 bits per heavy atom. The first-order chi connectivity index (χ1) is 11.2. The van der Waals surface area contributed by atoms with E-state index in [1.54, 1.807) is 0 Å². The molecule has 0 aromatic heterocycles. The van der Waals surface area contributed by atoms with Crippen molar-refractivity contribution in [3.63, 3.8) is 0 Å². The normalized spacial score (nSPS) is 22.7. The molecule has 0 N–H and O–H groups in total. The molecule has 1 amide bonds. The molecule has 23 heavy (non-hydrogen) atoms. The van der Waals surface area contributed by atoms with Crippen molar-refractivity contribution in [3.8, 4) is 5.75 Å². The van der Waals surface area contributed by atoms with Gasteiger partial charge in [-0.15, -0.1) is 0 Å². The lowest BCUT2D eigenvalue weighted by molar-refractivity contribution is -0.185. The predicted octanol–water partition coefficient (Wildman–Crippen LogP) is 2.50. The average Bonchev–Trinajstić information content (AvgIpc) is 2.53. The number of nitrogens with zero attached hydrogens (tertiary/aromatic N) is 1. The van der Waals surface area contributed by atoms with Gasteiger partial charge >= 0.3 is 0 Å². The third-order valence-electron chi connectivity index (χ3n) is 4.49. The van der Waals surface area contributed by atoms with Crippen LogP contribution in [-0.2, 0) is 9.47 Å². The van der Waals surface area contributed by atoms with E-state index in [0.29, 0.717) is 31.9 Å². The second-order valence-corrected chi connectivity index (χ2v) is 6.22. The summed E-state index contributed by atoms with van der Waals surface area (Å²) < 4.78 is 17.2. The van der Waals surface area contributed by atoms with Gasteiger partial charge in [0.05, 0.1) is 25.8 Å². The minimum absolute atomic E-state index is 0.0410. The van der Waals surface area contributed by atoms with Gasteiger partial charge in [-0.3, -0.25) is 4.79 Å². The van der Waals surface area contributed by atoms with E-state index in [4.69, 9.17) is 14.2 Å². The Balaban J connectivity index is 1.60. The predicted molar refractivity (Wildman–Crippen MR) is 86.8 cm³/mol. The number of ether oxygens (including phenoxy) is 3. The van der Waals surface area contributed by atoms with Gasteiger partial charge in [-0.2, -0.15) is 0 Å². The lowest BCUT2D eigenvalue weighted by atomic mass is 9.84. The van der Waals surface area contributed by atoms with E-state index >= 15 is 0 Å². The highest BCUT2D eigenvalue weighted by Gasteiger charge is 2.49. The molecule has 1 spiro atoms. The van der Waals surface area contributed by atoms with Crippen LogP contribution in [0, 0.1) is 0 Å². The van der Waals surface area contributed by atoms with Gasteiger partial charge in [-0.05, 0) is 38.5 Å². The molecule has 5 heteroatoms. The molecule has 2 aliphatic rings. The molecule has 1 aromatic carbocycles. The van der Waals surface area contributed by atoms with E-state index in [1.165, 1.54) is 0 Å². The monoisotopic (exact) mass is 319 g/mol. The molecule has 3 rings (SSSR count). The summed E-state index contributed by atoms with van der Waals surface area (Å²) in [6.07, 6.45) is 2.08. The van der Waals surface area contributed by atoms with E-state index in [2.05, 4.69) is 0 Å². The Morgan fingerprint density at radius 1 is 1.35 bits per heavy atom. The summed E-state index contributed by atoms with van der Waals surface area (Å²) in [4.78, 5) is 14.4. The molecule has 5 nitrogen and oxygen atoms in total. The number of likely N-dealkylation sites (tertiary alicyclic amines) is 1. The Labute approximate surface area is 137 Å². The number of carbonyl (C=O) groups is 1. The fraction of sp³-hybridized carbons (Fsp3) is 0.611. The molecule has 126 valence electrons. The molecular formula is C18H25NO4. The van der Waals surface area contributed by atoms with Crippen molar-refractivity contribution >= 4 is 5.91 Å². The zero-order valence-corrected chi connectivity index (χ0v) is 13.9. The van der Waals surface area contributed by atoms with E-state index in [1.807, 2.05) is 43.0 Å². The smallest absolute Gasteiger partial charge is 0.254 e. The summed E-state index contributed by atoms with van der Waals surface area (Å²) in [5.41, 5.74) is 0.466. The number of amides is 1. The summed E-state index contributed by atoms with van der Waals surface area (Å²) >= 11 is 0. The highest BCUT2D eigenvalue weighted by Crippen LogP contribution is 2.36. The first-order valence-electron chi connectivity index (χ1n) is 8.43. The van der Waals surface area contributed by atoms with Crippen molar-refractivity contribution < 1.29 is 19.0 Å². The largest absolute Gasteiger partial charge is 0.494 e. The number of rotatable bonds is 5. The molecule has 0 unspecified atom stereocenters. The molecule has 0 aliphatic carbocycles. The minimum Gasteiger partial charge on any atom is -0.494 e. The molecule has 2 aliphatic heterocycles. The maximum Gasteiger partial charge on any atom is 0.254 e. The third kappa shape index (κ3) is 3.51. The van der Waals surface area contributed by atoms with Crippen LogP contribution in [0.3, 0.4) is 0 Å². The maximum atomic E-state index is 12.6. The summed E-state index contributed by atoms with van der Waals surface area (Å²) in [7, 11) is 0. The molecule has 2 saturated heterocycles. The fourth-order valence-electron chi connectivity index (χ4n) is 3.44. The van der Waals surface area contributed by atoms with Crippen molar-refractivity contribution in [2.45, 2.75) is 38.4 Å². The molecule has 1 aromatic rings. The lowest BCUT2D eigenvalue weighted by Crippen LogP contribution is -2.67. The van der Waals surface area contributed by atoms with Crippen LogP contribution in [0.1, 0.15) is 37.0 Å². The lowest BCUT2D eigenvalue weighted by Gasteiger charge is -2.53. The molecule has 2 heterocycles. The molecular weight excluding hydrogens is 294 g/mol. The van der Waals surface area contributed by atoms with Gasteiger partial charge in [0.15, 0.2) is 0 Å². The van der Waals surface area contributed by atoms with E-state index in [-0.39, 0.29) is 17.6 Å². The molecule has 2 fully saturated rings. The number of hydrogen-bond donors (Lipinski definition) is 0. The van der Waals surface area contributed by atoms with Crippen LogP contribution in [0.15, 0.2) is 24.3 Å². The second kappa shape index (κ2) is 6.89. The van der Waals surface area contributed by atoms with Crippen LogP contribution in [0.5, 0.6) is 5.75 Å². The van der Waals surface area contributed by atoms with Crippen molar-refractivity contribution in [1.29, 1.82) is 0 Å². The van der Waals surface area contributed by atoms with Gasteiger partial charge in [0.1, 0.15) is 11.4 Å².